The predicted molar refractivity (Wildman–Crippen MR) is 120 cm³/mol. The number of nitrogens with two attached hydrogens (primary N) is 1. The lowest BCUT2D eigenvalue weighted by atomic mass is 9.87. The van der Waals surface area contributed by atoms with E-state index in [2.05, 4.69) is 22.2 Å². The van der Waals surface area contributed by atoms with Crippen LogP contribution in [0.2, 0.25) is 0 Å². The van der Waals surface area contributed by atoms with Crippen LogP contribution < -0.4 is 15.2 Å². The van der Waals surface area contributed by atoms with Gasteiger partial charge in [-0.3, -0.25) is 9.67 Å². The average Bonchev–Trinajstić information content (AvgIpc) is 3.22. The number of ether oxygens (including phenoxy) is 2. The third-order valence-corrected chi connectivity index (χ3v) is 5.40. The van der Waals surface area contributed by atoms with Crippen molar-refractivity contribution in [1.29, 1.82) is 0 Å². The molecule has 31 heavy (non-hydrogen) atoms. The SMILES string of the molecule is COc1cc(OC)cc(C(CC(N)O)c2ccc3ncc(-c4cnn(C)c4)cc3c2)c1. The Balaban J connectivity index is 1.80. The number of aliphatic hydroxyl groups excluding tert-OH is 1. The van der Waals surface area contributed by atoms with E-state index in [9.17, 15) is 5.11 Å². The van der Waals surface area contributed by atoms with E-state index in [0.717, 1.165) is 33.2 Å². The Labute approximate surface area is 181 Å². The first kappa shape index (κ1) is 20.8. The third kappa shape index (κ3) is 4.52. The maximum absolute atomic E-state index is 10.0. The molecule has 2 heterocycles. The zero-order valence-electron chi connectivity index (χ0n) is 17.8. The van der Waals surface area contributed by atoms with Gasteiger partial charge in [-0.05, 0) is 47.9 Å². The highest BCUT2D eigenvalue weighted by atomic mass is 16.5. The van der Waals surface area contributed by atoms with Crippen molar-refractivity contribution in [3.63, 3.8) is 0 Å². The van der Waals surface area contributed by atoms with Gasteiger partial charge in [0.2, 0.25) is 0 Å². The molecule has 3 N–H and O–H groups in total. The van der Waals surface area contributed by atoms with Gasteiger partial charge in [0.1, 0.15) is 17.7 Å². The maximum atomic E-state index is 10.0. The van der Waals surface area contributed by atoms with Crippen LogP contribution in [0.15, 0.2) is 61.1 Å². The number of nitrogens with zero attached hydrogens (tertiary/aromatic N) is 3. The van der Waals surface area contributed by atoms with Crippen LogP contribution in [0.25, 0.3) is 22.0 Å². The Bertz CT molecular complexity index is 1180. The fraction of sp³-hybridized carbons (Fsp3) is 0.250. The third-order valence-electron chi connectivity index (χ3n) is 5.40. The first-order valence-corrected chi connectivity index (χ1v) is 10.0. The predicted octanol–water partition coefficient (Wildman–Crippen LogP) is 3.45. The standard InChI is InChI=1S/C24H26N4O3/c1-28-14-19(13-27-28)18-7-17-6-15(4-5-23(17)26-12-18)22(11-24(25)29)16-8-20(30-2)10-21(9-16)31-3/h4-10,12-14,22,24,29H,11,25H2,1-3H3. The molecule has 0 bridgehead atoms. The summed E-state index contributed by atoms with van der Waals surface area (Å²) in [4.78, 5) is 4.60. The Kier molecular flexibility index (Phi) is 5.88. The fourth-order valence-corrected chi connectivity index (χ4v) is 3.83. The van der Waals surface area contributed by atoms with E-state index in [4.69, 9.17) is 15.2 Å². The summed E-state index contributed by atoms with van der Waals surface area (Å²) in [5.74, 6) is 1.23. The minimum absolute atomic E-state index is 0.143. The number of hydrogen-bond donors (Lipinski definition) is 2. The van der Waals surface area contributed by atoms with E-state index in [0.29, 0.717) is 17.9 Å². The number of hydrogen-bond acceptors (Lipinski definition) is 6. The molecule has 0 spiro atoms. The van der Waals surface area contributed by atoms with Gasteiger partial charge in [0.15, 0.2) is 0 Å². The summed E-state index contributed by atoms with van der Waals surface area (Å²) in [5.41, 5.74) is 10.7. The molecule has 0 aliphatic heterocycles. The number of aryl methyl sites for hydroxylation is 1. The van der Waals surface area contributed by atoms with E-state index in [1.807, 2.05) is 56.0 Å². The molecular weight excluding hydrogens is 392 g/mol. The molecule has 4 aromatic rings. The van der Waals surface area contributed by atoms with Crippen molar-refractivity contribution >= 4 is 10.9 Å². The fourth-order valence-electron chi connectivity index (χ4n) is 3.83. The zero-order chi connectivity index (χ0) is 22.0. The molecule has 2 aromatic heterocycles. The summed E-state index contributed by atoms with van der Waals surface area (Å²) in [6.45, 7) is 0. The zero-order valence-corrected chi connectivity index (χ0v) is 17.8. The maximum Gasteiger partial charge on any atom is 0.122 e. The molecule has 4 rings (SSSR count). The van der Waals surface area contributed by atoms with Crippen LogP contribution in [0.4, 0.5) is 0 Å². The first-order chi connectivity index (χ1) is 15.0. The van der Waals surface area contributed by atoms with Crippen LogP contribution in [0.5, 0.6) is 11.5 Å². The molecule has 2 atom stereocenters. The van der Waals surface area contributed by atoms with Crippen LogP contribution in [-0.2, 0) is 7.05 Å². The van der Waals surface area contributed by atoms with Crippen molar-refractivity contribution in [1.82, 2.24) is 14.8 Å². The van der Waals surface area contributed by atoms with Gasteiger partial charge in [-0.25, -0.2) is 0 Å². The van der Waals surface area contributed by atoms with E-state index < -0.39 is 6.23 Å². The molecular formula is C24H26N4O3. The summed E-state index contributed by atoms with van der Waals surface area (Å²) >= 11 is 0. The van der Waals surface area contributed by atoms with Crippen molar-refractivity contribution in [2.75, 3.05) is 14.2 Å². The Hall–Kier alpha value is -3.42. The Morgan fingerprint density at radius 3 is 2.32 bits per heavy atom. The molecule has 2 unspecified atom stereocenters. The van der Waals surface area contributed by atoms with Crippen molar-refractivity contribution in [2.45, 2.75) is 18.6 Å². The van der Waals surface area contributed by atoms with Gasteiger partial charge < -0.3 is 20.3 Å². The molecule has 0 amide bonds. The molecule has 0 aliphatic carbocycles. The molecule has 0 radical (unpaired) electrons. The molecule has 0 saturated carbocycles. The molecule has 2 aromatic carbocycles. The monoisotopic (exact) mass is 418 g/mol. The largest absolute Gasteiger partial charge is 0.497 e. The van der Waals surface area contributed by atoms with Crippen molar-refractivity contribution in [2.24, 2.45) is 12.8 Å². The number of aromatic nitrogens is 3. The minimum Gasteiger partial charge on any atom is -0.497 e. The molecule has 0 aliphatic rings. The molecule has 0 fully saturated rings. The highest BCUT2D eigenvalue weighted by Gasteiger charge is 2.20. The lowest BCUT2D eigenvalue weighted by Gasteiger charge is -2.21. The van der Waals surface area contributed by atoms with E-state index in [-0.39, 0.29) is 5.92 Å². The van der Waals surface area contributed by atoms with Gasteiger partial charge >= 0.3 is 0 Å². The molecule has 7 heteroatoms. The Morgan fingerprint density at radius 2 is 1.71 bits per heavy atom. The smallest absolute Gasteiger partial charge is 0.122 e. The first-order valence-electron chi connectivity index (χ1n) is 10.0. The van der Waals surface area contributed by atoms with Crippen LogP contribution >= 0.6 is 0 Å². The number of rotatable bonds is 7. The molecule has 0 saturated heterocycles. The van der Waals surface area contributed by atoms with E-state index in [1.54, 1.807) is 18.9 Å². The van der Waals surface area contributed by atoms with Gasteiger partial charge in [0.25, 0.3) is 0 Å². The number of fused-ring (bicyclic) bond motifs is 1. The van der Waals surface area contributed by atoms with Crippen LogP contribution in [0, 0.1) is 0 Å². The molecule has 7 nitrogen and oxygen atoms in total. The summed E-state index contributed by atoms with van der Waals surface area (Å²) in [5, 5.41) is 15.3. The van der Waals surface area contributed by atoms with Crippen LogP contribution in [0.1, 0.15) is 23.5 Å². The van der Waals surface area contributed by atoms with Crippen molar-refractivity contribution in [3.8, 4) is 22.6 Å². The van der Waals surface area contributed by atoms with Gasteiger partial charge in [-0.1, -0.05) is 6.07 Å². The second-order valence-corrected chi connectivity index (χ2v) is 7.58. The number of pyridine rings is 1. The van der Waals surface area contributed by atoms with Gasteiger partial charge in [-0.15, -0.1) is 0 Å². The van der Waals surface area contributed by atoms with Crippen LogP contribution in [-0.4, -0.2) is 40.3 Å². The molecule has 160 valence electrons. The minimum atomic E-state index is -0.960. The van der Waals surface area contributed by atoms with Crippen LogP contribution in [0.3, 0.4) is 0 Å². The van der Waals surface area contributed by atoms with Gasteiger partial charge in [-0.2, -0.15) is 5.10 Å². The van der Waals surface area contributed by atoms with Crippen molar-refractivity contribution in [3.05, 3.63) is 72.2 Å². The van der Waals surface area contributed by atoms with Gasteiger partial charge in [0.05, 0.1) is 25.9 Å². The Morgan fingerprint density at radius 1 is 0.968 bits per heavy atom. The summed E-state index contributed by atoms with van der Waals surface area (Å²) in [7, 11) is 5.13. The number of benzene rings is 2. The lowest BCUT2D eigenvalue weighted by molar-refractivity contribution is 0.166. The normalized spacial score (nSPS) is 13.2. The average molecular weight is 418 g/mol. The van der Waals surface area contributed by atoms with Gasteiger partial charge in [0, 0.05) is 47.9 Å². The quantitative estimate of drug-likeness (QED) is 0.446. The summed E-state index contributed by atoms with van der Waals surface area (Å²) < 4.78 is 12.6. The van der Waals surface area contributed by atoms with E-state index >= 15 is 0 Å². The summed E-state index contributed by atoms with van der Waals surface area (Å²) in [6.07, 6.45) is 5.04. The second-order valence-electron chi connectivity index (χ2n) is 7.58. The van der Waals surface area contributed by atoms with E-state index in [1.165, 1.54) is 0 Å². The number of aliphatic hydroxyl groups is 1. The topological polar surface area (TPSA) is 95.4 Å². The van der Waals surface area contributed by atoms with Crippen molar-refractivity contribution < 1.29 is 14.6 Å². The summed E-state index contributed by atoms with van der Waals surface area (Å²) in [6, 6.07) is 13.9. The highest BCUT2D eigenvalue weighted by molar-refractivity contribution is 5.84. The highest BCUT2D eigenvalue weighted by Crippen LogP contribution is 2.35. The second kappa shape index (κ2) is 8.75. The number of methoxy groups -OCH3 is 2. The lowest BCUT2D eigenvalue weighted by Crippen LogP contribution is -2.22.